The number of hydrogen-bond donors (Lipinski definition) is 1. The standard InChI is InChI=1S/C14H17Cl2NO2/c1-19-14(18)13(17-10-4-2-3-5-10)11-7-6-9(15)8-12(11)16/h6-8,10,13,17H,2-5H2,1H3. The number of carbonyl (C=O) groups is 1. The summed E-state index contributed by atoms with van der Waals surface area (Å²) in [4.78, 5) is 12.0. The Morgan fingerprint density at radius 2 is 2.05 bits per heavy atom. The summed E-state index contributed by atoms with van der Waals surface area (Å²) in [5.41, 5.74) is 0.713. The van der Waals surface area contributed by atoms with Crippen molar-refractivity contribution in [2.75, 3.05) is 7.11 Å². The first kappa shape index (κ1) is 14.6. The van der Waals surface area contributed by atoms with E-state index in [1.165, 1.54) is 20.0 Å². The molecule has 0 heterocycles. The molecule has 0 radical (unpaired) electrons. The predicted octanol–water partition coefficient (Wildman–Crippen LogP) is 3.74. The molecule has 0 aliphatic heterocycles. The quantitative estimate of drug-likeness (QED) is 0.861. The van der Waals surface area contributed by atoms with E-state index < -0.39 is 6.04 Å². The normalized spacial score (nSPS) is 17.4. The van der Waals surface area contributed by atoms with Crippen molar-refractivity contribution in [2.45, 2.75) is 37.8 Å². The predicted molar refractivity (Wildman–Crippen MR) is 76.6 cm³/mol. The fourth-order valence-electron chi connectivity index (χ4n) is 2.47. The Labute approximate surface area is 123 Å². The van der Waals surface area contributed by atoms with Gasteiger partial charge in [0.15, 0.2) is 0 Å². The van der Waals surface area contributed by atoms with E-state index >= 15 is 0 Å². The van der Waals surface area contributed by atoms with Crippen LogP contribution < -0.4 is 5.32 Å². The number of methoxy groups -OCH3 is 1. The monoisotopic (exact) mass is 301 g/mol. The molecule has 2 rings (SSSR count). The van der Waals surface area contributed by atoms with Crippen LogP contribution in [0.15, 0.2) is 18.2 Å². The zero-order valence-electron chi connectivity index (χ0n) is 10.8. The van der Waals surface area contributed by atoms with Crippen LogP contribution in [-0.4, -0.2) is 19.1 Å². The maximum atomic E-state index is 12.0. The number of hydrogen-bond acceptors (Lipinski definition) is 3. The summed E-state index contributed by atoms with van der Waals surface area (Å²) in [7, 11) is 1.38. The van der Waals surface area contributed by atoms with Crippen molar-refractivity contribution in [1.29, 1.82) is 0 Å². The Kier molecular flexibility index (Phi) is 5.08. The smallest absolute Gasteiger partial charge is 0.327 e. The topological polar surface area (TPSA) is 38.3 Å². The van der Waals surface area contributed by atoms with Gasteiger partial charge in [0.2, 0.25) is 0 Å². The Bertz CT molecular complexity index is 459. The molecule has 1 unspecified atom stereocenters. The summed E-state index contributed by atoms with van der Waals surface area (Å²) in [5, 5.41) is 4.38. The van der Waals surface area contributed by atoms with E-state index in [1.807, 2.05) is 0 Å². The van der Waals surface area contributed by atoms with Crippen molar-refractivity contribution in [3.8, 4) is 0 Å². The molecule has 1 fully saturated rings. The summed E-state index contributed by atoms with van der Waals surface area (Å²) < 4.78 is 4.87. The summed E-state index contributed by atoms with van der Waals surface area (Å²) in [5.74, 6) is -0.323. The van der Waals surface area contributed by atoms with E-state index in [4.69, 9.17) is 27.9 Å². The third-order valence-corrected chi connectivity index (χ3v) is 4.03. The molecule has 1 N–H and O–H groups in total. The summed E-state index contributed by atoms with van der Waals surface area (Å²) in [6.45, 7) is 0. The molecule has 1 aliphatic carbocycles. The van der Waals surface area contributed by atoms with Gasteiger partial charge in [0.1, 0.15) is 6.04 Å². The van der Waals surface area contributed by atoms with Gasteiger partial charge in [0.25, 0.3) is 0 Å². The second-order valence-electron chi connectivity index (χ2n) is 4.77. The molecule has 0 amide bonds. The Morgan fingerprint density at radius 3 is 2.63 bits per heavy atom. The lowest BCUT2D eigenvalue weighted by Gasteiger charge is -2.22. The molecular formula is C14H17Cl2NO2. The number of halogens is 2. The van der Waals surface area contributed by atoms with Gasteiger partial charge in [-0.2, -0.15) is 0 Å². The molecule has 5 heteroatoms. The van der Waals surface area contributed by atoms with Crippen LogP contribution in [0.2, 0.25) is 10.0 Å². The van der Waals surface area contributed by atoms with Crippen LogP contribution in [0.1, 0.15) is 37.3 Å². The van der Waals surface area contributed by atoms with Gasteiger partial charge in [-0.05, 0) is 30.5 Å². The van der Waals surface area contributed by atoms with Crippen LogP contribution in [0.5, 0.6) is 0 Å². The lowest BCUT2D eigenvalue weighted by atomic mass is 10.1. The second-order valence-corrected chi connectivity index (χ2v) is 5.61. The van der Waals surface area contributed by atoms with Gasteiger partial charge in [-0.1, -0.05) is 42.1 Å². The molecule has 0 bridgehead atoms. The van der Waals surface area contributed by atoms with Crippen LogP contribution in [0, 0.1) is 0 Å². The highest BCUT2D eigenvalue weighted by Gasteiger charge is 2.27. The maximum absolute atomic E-state index is 12.0. The SMILES string of the molecule is COC(=O)C(NC1CCCC1)c1ccc(Cl)cc1Cl. The first-order valence-electron chi connectivity index (χ1n) is 6.40. The molecule has 19 heavy (non-hydrogen) atoms. The van der Waals surface area contributed by atoms with Crippen LogP contribution in [-0.2, 0) is 9.53 Å². The number of esters is 1. The first-order chi connectivity index (χ1) is 9.11. The molecule has 1 aromatic carbocycles. The Balaban J connectivity index is 2.23. The first-order valence-corrected chi connectivity index (χ1v) is 7.16. The highest BCUT2D eigenvalue weighted by Crippen LogP contribution is 2.29. The van der Waals surface area contributed by atoms with E-state index in [0.29, 0.717) is 21.7 Å². The lowest BCUT2D eigenvalue weighted by molar-refractivity contribution is -0.143. The Morgan fingerprint density at radius 1 is 1.37 bits per heavy atom. The van der Waals surface area contributed by atoms with Crippen LogP contribution >= 0.6 is 23.2 Å². The third-order valence-electron chi connectivity index (χ3n) is 3.47. The van der Waals surface area contributed by atoms with Crippen LogP contribution in [0.25, 0.3) is 0 Å². The molecule has 1 aromatic rings. The van der Waals surface area contributed by atoms with Crippen molar-refractivity contribution < 1.29 is 9.53 Å². The van der Waals surface area contributed by atoms with Gasteiger partial charge in [-0.15, -0.1) is 0 Å². The van der Waals surface area contributed by atoms with Gasteiger partial charge in [-0.25, -0.2) is 4.79 Å². The molecule has 104 valence electrons. The van der Waals surface area contributed by atoms with Gasteiger partial charge in [-0.3, -0.25) is 5.32 Å². The second kappa shape index (κ2) is 6.60. The van der Waals surface area contributed by atoms with Gasteiger partial charge in [0.05, 0.1) is 7.11 Å². The third kappa shape index (κ3) is 3.62. The fourth-order valence-corrected chi connectivity index (χ4v) is 2.98. The lowest BCUT2D eigenvalue weighted by Crippen LogP contribution is -2.36. The molecular weight excluding hydrogens is 285 g/mol. The van der Waals surface area contributed by atoms with Crippen LogP contribution in [0.3, 0.4) is 0 Å². The van der Waals surface area contributed by atoms with Crippen LogP contribution in [0.4, 0.5) is 0 Å². The minimum absolute atomic E-state index is 0.323. The van der Waals surface area contributed by atoms with E-state index in [-0.39, 0.29) is 5.97 Å². The highest BCUT2D eigenvalue weighted by molar-refractivity contribution is 6.35. The summed E-state index contributed by atoms with van der Waals surface area (Å²) in [6, 6.07) is 4.96. The molecule has 0 spiro atoms. The Hall–Kier alpha value is -0.770. The molecule has 0 saturated heterocycles. The van der Waals surface area contributed by atoms with Crippen molar-refractivity contribution in [3.63, 3.8) is 0 Å². The molecule has 0 aromatic heterocycles. The molecule has 1 atom stereocenters. The number of carbonyl (C=O) groups excluding carboxylic acids is 1. The highest BCUT2D eigenvalue weighted by atomic mass is 35.5. The van der Waals surface area contributed by atoms with Crippen molar-refractivity contribution >= 4 is 29.2 Å². The van der Waals surface area contributed by atoms with E-state index in [2.05, 4.69) is 5.32 Å². The summed E-state index contributed by atoms with van der Waals surface area (Å²) in [6.07, 6.45) is 4.55. The maximum Gasteiger partial charge on any atom is 0.327 e. The van der Waals surface area contributed by atoms with Gasteiger partial charge < -0.3 is 4.74 Å². The zero-order chi connectivity index (χ0) is 13.8. The minimum atomic E-state index is -0.530. The van der Waals surface area contributed by atoms with Crippen molar-refractivity contribution in [2.24, 2.45) is 0 Å². The van der Waals surface area contributed by atoms with Crippen molar-refractivity contribution in [1.82, 2.24) is 5.32 Å². The fraction of sp³-hybridized carbons (Fsp3) is 0.500. The van der Waals surface area contributed by atoms with E-state index in [0.717, 1.165) is 12.8 Å². The number of nitrogens with one attached hydrogen (secondary N) is 1. The number of benzene rings is 1. The van der Waals surface area contributed by atoms with E-state index in [9.17, 15) is 4.79 Å². The van der Waals surface area contributed by atoms with Gasteiger partial charge >= 0.3 is 5.97 Å². The largest absolute Gasteiger partial charge is 0.468 e. The van der Waals surface area contributed by atoms with Crippen molar-refractivity contribution in [3.05, 3.63) is 33.8 Å². The average molecular weight is 302 g/mol. The summed E-state index contributed by atoms with van der Waals surface area (Å²) >= 11 is 12.1. The molecule has 3 nitrogen and oxygen atoms in total. The number of rotatable bonds is 4. The molecule has 1 saturated carbocycles. The zero-order valence-corrected chi connectivity index (χ0v) is 12.3. The number of ether oxygens (including phenoxy) is 1. The van der Waals surface area contributed by atoms with Gasteiger partial charge in [0, 0.05) is 16.1 Å². The van der Waals surface area contributed by atoms with E-state index in [1.54, 1.807) is 18.2 Å². The average Bonchev–Trinajstić information content (AvgIpc) is 2.89. The molecule has 1 aliphatic rings. The minimum Gasteiger partial charge on any atom is -0.468 e.